The lowest BCUT2D eigenvalue weighted by Gasteiger charge is -2.53. The molecule has 4 aliphatic rings. The van der Waals surface area contributed by atoms with E-state index in [1.54, 1.807) is 0 Å². The van der Waals surface area contributed by atoms with Crippen LogP contribution in [0.2, 0.25) is 0 Å². The normalized spacial score (nSPS) is 41.6. The molecule has 0 unspecified atom stereocenters. The Balaban J connectivity index is 1.72. The molecule has 1 aromatic heterocycles. The third kappa shape index (κ3) is 1.49. The van der Waals surface area contributed by atoms with Gasteiger partial charge in [0.1, 0.15) is 5.76 Å². The molecule has 0 saturated heterocycles. The van der Waals surface area contributed by atoms with Crippen LogP contribution in [0.25, 0.3) is 0 Å². The van der Waals surface area contributed by atoms with Crippen LogP contribution < -0.4 is 5.73 Å². The Morgan fingerprint density at radius 3 is 2.28 bits per heavy atom. The van der Waals surface area contributed by atoms with Crippen molar-refractivity contribution in [3.05, 3.63) is 17.3 Å². The summed E-state index contributed by atoms with van der Waals surface area (Å²) < 4.78 is 5.94. The molecule has 0 radical (unpaired) electrons. The van der Waals surface area contributed by atoms with Gasteiger partial charge in [-0.15, -0.1) is 0 Å². The van der Waals surface area contributed by atoms with E-state index in [-0.39, 0.29) is 0 Å². The first-order chi connectivity index (χ1) is 8.74. The molecular weight excluding hydrogens is 224 g/mol. The van der Waals surface area contributed by atoms with E-state index in [4.69, 9.17) is 10.2 Å². The minimum Gasteiger partial charge on any atom is -0.445 e. The number of hydrogen-bond acceptors (Lipinski definition) is 3. The smallest absolute Gasteiger partial charge is 0.191 e. The van der Waals surface area contributed by atoms with Crippen molar-refractivity contribution in [2.75, 3.05) is 0 Å². The largest absolute Gasteiger partial charge is 0.445 e. The Kier molecular flexibility index (Phi) is 2.35. The molecule has 5 rings (SSSR count). The van der Waals surface area contributed by atoms with Gasteiger partial charge >= 0.3 is 0 Å². The molecule has 0 spiro atoms. The van der Waals surface area contributed by atoms with Crippen molar-refractivity contribution in [1.29, 1.82) is 0 Å². The minimum atomic E-state index is 0.523. The summed E-state index contributed by atoms with van der Waals surface area (Å²) in [5, 5.41) is 0. The van der Waals surface area contributed by atoms with Gasteiger partial charge in [0.2, 0.25) is 0 Å². The van der Waals surface area contributed by atoms with E-state index in [1.165, 1.54) is 32.1 Å². The van der Waals surface area contributed by atoms with E-state index in [1.807, 2.05) is 6.92 Å². The van der Waals surface area contributed by atoms with Crippen LogP contribution in [0.3, 0.4) is 0 Å². The van der Waals surface area contributed by atoms with E-state index in [9.17, 15) is 0 Å². The lowest BCUT2D eigenvalue weighted by atomic mass is 9.51. The second kappa shape index (κ2) is 3.83. The molecule has 4 aliphatic carbocycles. The molecule has 0 atom stereocenters. The molecular formula is C15H22N2O. The van der Waals surface area contributed by atoms with Crippen molar-refractivity contribution >= 4 is 0 Å². The number of rotatable bonds is 2. The second-order valence-corrected chi connectivity index (χ2v) is 6.70. The molecule has 4 bridgehead atoms. The molecule has 2 N–H and O–H groups in total. The molecule has 1 aromatic rings. The van der Waals surface area contributed by atoms with Crippen LogP contribution in [0, 0.1) is 30.6 Å². The zero-order valence-corrected chi connectivity index (χ0v) is 11.1. The van der Waals surface area contributed by atoms with Crippen molar-refractivity contribution in [3.63, 3.8) is 0 Å². The number of aromatic nitrogens is 1. The van der Waals surface area contributed by atoms with E-state index < -0.39 is 0 Å². The lowest BCUT2D eigenvalue weighted by Crippen LogP contribution is -2.44. The first-order valence-corrected chi connectivity index (χ1v) is 7.41. The zero-order valence-electron chi connectivity index (χ0n) is 11.1. The summed E-state index contributed by atoms with van der Waals surface area (Å²) in [5.41, 5.74) is 6.85. The fourth-order valence-corrected chi connectivity index (χ4v) is 5.25. The Morgan fingerprint density at radius 1 is 1.11 bits per heavy atom. The average molecular weight is 246 g/mol. The second-order valence-electron chi connectivity index (χ2n) is 6.70. The summed E-state index contributed by atoms with van der Waals surface area (Å²) in [6.07, 6.45) is 7.17. The zero-order chi connectivity index (χ0) is 12.3. The average Bonchev–Trinajstić information content (AvgIpc) is 2.69. The molecule has 4 saturated carbocycles. The SMILES string of the molecule is Cc1nc(CN)c(C2C3CC4CC(C3)CC2C4)o1. The van der Waals surface area contributed by atoms with E-state index in [2.05, 4.69) is 4.98 Å². The number of nitrogens with zero attached hydrogens (tertiary/aromatic N) is 1. The summed E-state index contributed by atoms with van der Waals surface area (Å²) in [5.74, 6) is 6.27. The fraction of sp³-hybridized carbons (Fsp3) is 0.800. The van der Waals surface area contributed by atoms with Gasteiger partial charge in [-0.3, -0.25) is 0 Å². The highest BCUT2D eigenvalue weighted by Crippen LogP contribution is 2.60. The summed E-state index contributed by atoms with van der Waals surface area (Å²) >= 11 is 0. The highest BCUT2D eigenvalue weighted by Gasteiger charge is 2.50. The molecule has 1 heterocycles. The standard InChI is InChI=1S/C15H22N2O/c1-8-17-13(7-16)15(18-8)14-11-3-9-2-10(5-11)6-12(14)4-9/h9-12,14H,2-7,16H2,1H3. The van der Waals surface area contributed by atoms with Crippen LogP contribution in [-0.4, -0.2) is 4.98 Å². The molecule has 18 heavy (non-hydrogen) atoms. The molecule has 98 valence electrons. The Labute approximate surface area is 108 Å². The summed E-state index contributed by atoms with van der Waals surface area (Å²) in [4.78, 5) is 4.47. The molecule has 3 heteroatoms. The highest BCUT2D eigenvalue weighted by molar-refractivity contribution is 5.20. The quantitative estimate of drug-likeness (QED) is 0.872. The molecule has 3 nitrogen and oxygen atoms in total. The van der Waals surface area contributed by atoms with Crippen molar-refractivity contribution < 1.29 is 4.42 Å². The van der Waals surface area contributed by atoms with Gasteiger partial charge in [0.25, 0.3) is 0 Å². The molecule has 4 fully saturated rings. The number of hydrogen-bond donors (Lipinski definition) is 1. The number of aryl methyl sites for hydroxylation is 1. The maximum atomic E-state index is 5.94. The van der Waals surface area contributed by atoms with Gasteiger partial charge in [0, 0.05) is 19.4 Å². The number of oxazole rings is 1. The van der Waals surface area contributed by atoms with Crippen LogP contribution in [0.1, 0.15) is 55.4 Å². The topological polar surface area (TPSA) is 52.0 Å². The first-order valence-electron chi connectivity index (χ1n) is 7.41. The number of nitrogens with two attached hydrogens (primary N) is 1. The van der Waals surface area contributed by atoms with Crippen LogP contribution in [0.15, 0.2) is 4.42 Å². The van der Waals surface area contributed by atoms with Crippen molar-refractivity contribution in [2.45, 2.75) is 51.5 Å². The van der Waals surface area contributed by atoms with Crippen molar-refractivity contribution in [2.24, 2.45) is 29.4 Å². The van der Waals surface area contributed by atoms with E-state index in [0.717, 1.165) is 41.0 Å². The Morgan fingerprint density at radius 2 is 1.72 bits per heavy atom. The molecule has 0 amide bonds. The predicted octanol–water partition coefficient (Wildman–Crippen LogP) is 2.98. The van der Waals surface area contributed by atoms with Gasteiger partial charge in [0.15, 0.2) is 5.89 Å². The van der Waals surface area contributed by atoms with Gasteiger partial charge in [-0.2, -0.15) is 0 Å². The van der Waals surface area contributed by atoms with Gasteiger partial charge in [-0.1, -0.05) is 0 Å². The minimum absolute atomic E-state index is 0.523. The fourth-order valence-electron chi connectivity index (χ4n) is 5.25. The summed E-state index contributed by atoms with van der Waals surface area (Å²) in [6.45, 7) is 2.47. The Bertz CT molecular complexity index is 437. The van der Waals surface area contributed by atoms with Crippen molar-refractivity contribution in [1.82, 2.24) is 4.98 Å². The van der Waals surface area contributed by atoms with Crippen molar-refractivity contribution in [3.8, 4) is 0 Å². The van der Waals surface area contributed by atoms with E-state index >= 15 is 0 Å². The summed E-state index contributed by atoms with van der Waals surface area (Å²) in [6, 6.07) is 0. The summed E-state index contributed by atoms with van der Waals surface area (Å²) in [7, 11) is 0. The highest BCUT2D eigenvalue weighted by atomic mass is 16.4. The van der Waals surface area contributed by atoms with E-state index in [0.29, 0.717) is 12.5 Å². The van der Waals surface area contributed by atoms with Gasteiger partial charge in [-0.05, 0) is 55.8 Å². The van der Waals surface area contributed by atoms with Crippen LogP contribution in [0.5, 0.6) is 0 Å². The lowest BCUT2D eigenvalue weighted by molar-refractivity contribution is -0.0102. The third-order valence-corrected chi connectivity index (χ3v) is 5.56. The van der Waals surface area contributed by atoms with Gasteiger partial charge in [0.05, 0.1) is 5.69 Å². The monoisotopic (exact) mass is 246 g/mol. The third-order valence-electron chi connectivity index (χ3n) is 5.56. The van der Waals surface area contributed by atoms with Gasteiger partial charge < -0.3 is 10.2 Å². The maximum Gasteiger partial charge on any atom is 0.191 e. The van der Waals surface area contributed by atoms with Crippen LogP contribution in [0.4, 0.5) is 0 Å². The van der Waals surface area contributed by atoms with Crippen LogP contribution >= 0.6 is 0 Å². The maximum absolute atomic E-state index is 5.94. The predicted molar refractivity (Wildman–Crippen MR) is 68.9 cm³/mol. The first kappa shape index (κ1) is 11.0. The molecule has 0 aliphatic heterocycles. The van der Waals surface area contributed by atoms with Gasteiger partial charge in [-0.25, -0.2) is 4.98 Å². The Hall–Kier alpha value is -0.830. The van der Waals surface area contributed by atoms with Crippen LogP contribution in [-0.2, 0) is 6.54 Å². The molecule has 0 aromatic carbocycles.